The molecule has 0 fully saturated rings. The van der Waals surface area contributed by atoms with Crippen LogP contribution >= 0.6 is 0 Å². The van der Waals surface area contributed by atoms with Gasteiger partial charge in [-0.1, -0.05) is 31.2 Å². The molecule has 2 aromatic carbocycles. The number of carboxylic acids is 1. The third-order valence-electron chi connectivity index (χ3n) is 4.13. The molecule has 0 saturated carbocycles. The summed E-state index contributed by atoms with van der Waals surface area (Å²) < 4.78 is 10.3. The van der Waals surface area contributed by atoms with Gasteiger partial charge in [-0.25, -0.2) is 0 Å². The van der Waals surface area contributed by atoms with Crippen LogP contribution in [0.1, 0.15) is 36.3 Å². The molecule has 4 heteroatoms. The Morgan fingerprint density at radius 2 is 1.35 bits per heavy atom. The highest BCUT2D eigenvalue weighted by molar-refractivity contribution is 5.77. The van der Waals surface area contributed by atoms with Crippen molar-refractivity contribution < 1.29 is 19.4 Å². The Bertz CT molecular complexity index is 631. The molecular weight excluding hydrogens is 292 g/mol. The lowest BCUT2D eigenvalue weighted by Gasteiger charge is -2.24. The number of rotatable bonds is 7. The van der Waals surface area contributed by atoms with Crippen molar-refractivity contribution in [2.45, 2.75) is 25.2 Å². The van der Waals surface area contributed by atoms with E-state index < -0.39 is 11.9 Å². The first-order valence-corrected chi connectivity index (χ1v) is 7.61. The first-order chi connectivity index (χ1) is 11.1. The summed E-state index contributed by atoms with van der Waals surface area (Å²) in [6.07, 6.45) is 0.731. The molecule has 0 spiro atoms. The molecule has 0 aliphatic heterocycles. The van der Waals surface area contributed by atoms with E-state index in [0.717, 1.165) is 29.0 Å². The second-order valence-corrected chi connectivity index (χ2v) is 5.38. The van der Waals surface area contributed by atoms with E-state index in [1.807, 2.05) is 43.3 Å². The van der Waals surface area contributed by atoms with Crippen molar-refractivity contribution in [1.29, 1.82) is 0 Å². The normalized spacial score (nSPS) is 13.2. The van der Waals surface area contributed by atoms with Crippen molar-refractivity contribution in [1.82, 2.24) is 0 Å². The third kappa shape index (κ3) is 3.83. The molecule has 2 rings (SSSR count). The van der Waals surface area contributed by atoms with Gasteiger partial charge in [-0.15, -0.1) is 0 Å². The minimum Gasteiger partial charge on any atom is -0.497 e. The zero-order chi connectivity index (χ0) is 16.8. The second-order valence-electron chi connectivity index (χ2n) is 5.38. The van der Waals surface area contributed by atoms with Crippen LogP contribution in [0, 0.1) is 0 Å². The molecule has 0 saturated heterocycles. The van der Waals surface area contributed by atoms with Gasteiger partial charge in [0.2, 0.25) is 0 Å². The van der Waals surface area contributed by atoms with Gasteiger partial charge in [0.15, 0.2) is 0 Å². The number of carboxylic acid groups (broad SMARTS) is 1. The number of hydrogen-bond acceptors (Lipinski definition) is 3. The van der Waals surface area contributed by atoms with Gasteiger partial charge in [0.05, 0.1) is 20.1 Å². The van der Waals surface area contributed by atoms with Gasteiger partial charge in [-0.3, -0.25) is 4.79 Å². The molecule has 0 heterocycles. The first-order valence-electron chi connectivity index (χ1n) is 7.61. The SMILES string of the molecule is CCC(c1ccc(OC)cc1)C(C(=O)O)c1ccc(OC)cc1. The van der Waals surface area contributed by atoms with Crippen molar-refractivity contribution in [3.05, 3.63) is 59.7 Å². The molecule has 0 radical (unpaired) electrons. The Morgan fingerprint density at radius 1 is 0.913 bits per heavy atom. The van der Waals surface area contributed by atoms with Gasteiger partial charge in [-0.2, -0.15) is 0 Å². The minimum absolute atomic E-state index is 0.105. The monoisotopic (exact) mass is 314 g/mol. The van der Waals surface area contributed by atoms with Crippen LogP contribution in [0.5, 0.6) is 11.5 Å². The molecule has 2 atom stereocenters. The van der Waals surface area contributed by atoms with Gasteiger partial charge in [0, 0.05) is 5.92 Å². The molecule has 2 unspecified atom stereocenters. The Balaban J connectivity index is 2.37. The van der Waals surface area contributed by atoms with Crippen molar-refractivity contribution >= 4 is 5.97 Å². The van der Waals surface area contributed by atoms with Gasteiger partial charge in [-0.05, 0) is 41.8 Å². The molecule has 0 aromatic heterocycles. The Kier molecular flexibility index (Phi) is 5.63. The average Bonchev–Trinajstić information content (AvgIpc) is 2.59. The van der Waals surface area contributed by atoms with E-state index in [-0.39, 0.29) is 5.92 Å². The summed E-state index contributed by atoms with van der Waals surface area (Å²) >= 11 is 0. The maximum atomic E-state index is 11.9. The van der Waals surface area contributed by atoms with E-state index in [1.54, 1.807) is 26.4 Å². The quantitative estimate of drug-likeness (QED) is 0.837. The summed E-state index contributed by atoms with van der Waals surface area (Å²) in [5.41, 5.74) is 1.78. The van der Waals surface area contributed by atoms with E-state index in [2.05, 4.69) is 0 Å². The van der Waals surface area contributed by atoms with Gasteiger partial charge in [0.25, 0.3) is 0 Å². The summed E-state index contributed by atoms with van der Waals surface area (Å²) in [7, 11) is 3.21. The van der Waals surface area contributed by atoms with Gasteiger partial charge < -0.3 is 14.6 Å². The van der Waals surface area contributed by atoms with Crippen LogP contribution in [0.25, 0.3) is 0 Å². The number of aliphatic carboxylic acids is 1. The molecule has 0 amide bonds. The van der Waals surface area contributed by atoms with Crippen LogP contribution in [0.15, 0.2) is 48.5 Å². The largest absolute Gasteiger partial charge is 0.497 e. The maximum Gasteiger partial charge on any atom is 0.311 e. The summed E-state index contributed by atoms with van der Waals surface area (Å²) in [5, 5.41) is 9.76. The number of benzene rings is 2. The molecule has 0 aliphatic carbocycles. The topological polar surface area (TPSA) is 55.8 Å². The highest BCUT2D eigenvalue weighted by Gasteiger charge is 2.29. The fourth-order valence-electron chi connectivity index (χ4n) is 2.87. The molecule has 2 aromatic rings. The van der Waals surface area contributed by atoms with E-state index in [4.69, 9.17) is 9.47 Å². The molecule has 1 N–H and O–H groups in total. The number of hydrogen-bond donors (Lipinski definition) is 1. The number of carbonyl (C=O) groups is 1. The zero-order valence-electron chi connectivity index (χ0n) is 13.7. The maximum absolute atomic E-state index is 11.9. The van der Waals surface area contributed by atoms with E-state index in [1.165, 1.54) is 0 Å². The van der Waals surface area contributed by atoms with Crippen molar-refractivity contribution in [2.75, 3.05) is 14.2 Å². The molecular formula is C19H22O4. The molecule has 0 bridgehead atoms. The highest BCUT2D eigenvalue weighted by Crippen LogP contribution is 2.37. The van der Waals surface area contributed by atoms with Crippen LogP contribution in [-0.2, 0) is 4.79 Å². The highest BCUT2D eigenvalue weighted by atomic mass is 16.5. The Morgan fingerprint density at radius 3 is 1.70 bits per heavy atom. The van der Waals surface area contributed by atoms with Crippen LogP contribution < -0.4 is 9.47 Å². The minimum atomic E-state index is -0.821. The zero-order valence-corrected chi connectivity index (χ0v) is 13.7. The van der Waals surface area contributed by atoms with Crippen LogP contribution in [0.2, 0.25) is 0 Å². The van der Waals surface area contributed by atoms with Crippen LogP contribution in [-0.4, -0.2) is 25.3 Å². The van der Waals surface area contributed by atoms with Crippen molar-refractivity contribution in [3.63, 3.8) is 0 Å². The fraction of sp³-hybridized carbons (Fsp3) is 0.316. The van der Waals surface area contributed by atoms with Crippen LogP contribution in [0.3, 0.4) is 0 Å². The van der Waals surface area contributed by atoms with E-state index in [0.29, 0.717) is 0 Å². The summed E-state index contributed by atoms with van der Waals surface area (Å²) in [4.78, 5) is 11.9. The van der Waals surface area contributed by atoms with E-state index >= 15 is 0 Å². The summed E-state index contributed by atoms with van der Waals surface area (Å²) in [5.74, 6) is -0.0424. The van der Waals surface area contributed by atoms with Crippen molar-refractivity contribution in [3.8, 4) is 11.5 Å². The molecule has 122 valence electrons. The van der Waals surface area contributed by atoms with Gasteiger partial charge in [0.1, 0.15) is 11.5 Å². The standard InChI is InChI=1S/C19H22O4/c1-4-17(13-5-9-15(22-2)10-6-13)18(19(20)21)14-7-11-16(23-3)12-8-14/h5-12,17-18H,4H2,1-3H3,(H,20,21). The molecule has 0 aliphatic rings. The predicted molar refractivity (Wildman–Crippen MR) is 89.4 cm³/mol. The van der Waals surface area contributed by atoms with Crippen LogP contribution in [0.4, 0.5) is 0 Å². The van der Waals surface area contributed by atoms with Crippen molar-refractivity contribution in [2.24, 2.45) is 0 Å². The Labute approximate surface area is 136 Å². The second kappa shape index (κ2) is 7.68. The Hall–Kier alpha value is -2.49. The molecule has 4 nitrogen and oxygen atoms in total. The molecule has 23 heavy (non-hydrogen) atoms. The average molecular weight is 314 g/mol. The van der Waals surface area contributed by atoms with E-state index in [9.17, 15) is 9.90 Å². The number of methoxy groups -OCH3 is 2. The number of ether oxygens (including phenoxy) is 2. The summed E-state index contributed by atoms with van der Waals surface area (Å²) in [6.45, 7) is 2.01. The smallest absolute Gasteiger partial charge is 0.311 e. The fourth-order valence-corrected chi connectivity index (χ4v) is 2.87. The predicted octanol–water partition coefficient (Wildman–Crippen LogP) is 4.07. The lowest BCUT2D eigenvalue weighted by Crippen LogP contribution is -2.20. The summed E-state index contributed by atoms with van der Waals surface area (Å²) in [6, 6.07) is 14.8. The first kappa shape index (κ1) is 16.9. The lowest BCUT2D eigenvalue weighted by molar-refractivity contribution is -0.139. The third-order valence-corrected chi connectivity index (χ3v) is 4.13. The van der Waals surface area contributed by atoms with Gasteiger partial charge >= 0.3 is 5.97 Å². The lowest BCUT2D eigenvalue weighted by atomic mass is 9.80.